The molecule has 4 nitrogen and oxygen atoms in total. The van der Waals surface area contributed by atoms with Crippen molar-refractivity contribution in [3.63, 3.8) is 0 Å². The highest BCUT2D eigenvalue weighted by Gasteiger charge is 2.37. The minimum Gasteiger partial charge on any atom is -0.493 e. The molecule has 0 saturated heterocycles. The molecule has 2 aliphatic rings. The van der Waals surface area contributed by atoms with Gasteiger partial charge in [-0.3, -0.25) is 0 Å². The summed E-state index contributed by atoms with van der Waals surface area (Å²) >= 11 is 0. The fraction of sp³-hybridized carbons (Fsp3) is 0.400. The molecule has 1 saturated carbocycles. The van der Waals surface area contributed by atoms with Crippen LogP contribution in [0.2, 0.25) is 0 Å². The number of ether oxygens (including phenoxy) is 2. The Hall–Kier alpha value is -1.97. The lowest BCUT2D eigenvalue weighted by molar-refractivity contribution is 0.0695. The second kappa shape index (κ2) is 4.61. The van der Waals surface area contributed by atoms with E-state index in [1.165, 1.54) is 12.1 Å². The Balaban J connectivity index is 1.84. The molecular weight excluding hydrogens is 244 g/mol. The lowest BCUT2D eigenvalue weighted by atomic mass is 10.0. The maximum Gasteiger partial charge on any atom is 0.335 e. The van der Waals surface area contributed by atoms with Crippen LogP contribution in [0.5, 0.6) is 11.5 Å². The summed E-state index contributed by atoms with van der Waals surface area (Å²) in [6, 6.07) is 4.70. The van der Waals surface area contributed by atoms with E-state index < -0.39 is 5.97 Å². The number of allylic oxidation sites excluding steroid dienone is 1. The van der Waals surface area contributed by atoms with Crippen LogP contribution in [0.1, 0.15) is 23.2 Å². The molecule has 4 heteroatoms. The normalized spacial score (nSPS) is 27.5. The maximum absolute atomic E-state index is 11.0. The number of aromatic carboxylic acids is 1. The summed E-state index contributed by atoms with van der Waals surface area (Å²) in [5.41, 5.74) is 0.217. The van der Waals surface area contributed by atoms with E-state index in [1.807, 2.05) is 0 Å². The van der Waals surface area contributed by atoms with E-state index in [2.05, 4.69) is 12.2 Å². The molecule has 1 aromatic rings. The molecule has 1 fully saturated rings. The Kier molecular flexibility index (Phi) is 2.93. The molecule has 0 heterocycles. The van der Waals surface area contributed by atoms with Gasteiger partial charge in [0.15, 0.2) is 11.5 Å². The van der Waals surface area contributed by atoms with Crippen LogP contribution >= 0.6 is 0 Å². The SMILES string of the molecule is COc1ccc(C(=O)O)cc1OC1CC2C=CC1C2. The number of carbonyl (C=O) groups is 1. The molecule has 2 bridgehead atoms. The van der Waals surface area contributed by atoms with Crippen molar-refractivity contribution in [2.24, 2.45) is 11.8 Å². The Morgan fingerprint density at radius 1 is 1.26 bits per heavy atom. The molecule has 3 unspecified atom stereocenters. The number of carboxylic acid groups (broad SMARTS) is 1. The van der Waals surface area contributed by atoms with E-state index in [0.717, 1.165) is 12.8 Å². The van der Waals surface area contributed by atoms with Gasteiger partial charge in [-0.2, -0.15) is 0 Å². The lowest BCUT2D eigenvalue weighted by Gasteiger charge is -2.21. The largest absolute Gasteiger partial charge is 0.493 e. The average Bonchev–Trinajstić information content (AvgIpc) is 3.01. The first-order valence-corrected chi connectivity index (χ1v) is 6.43. The minimum absolute atomic E-state index is 0.132. The first-order valence-electron chi connectivity index (χ1n) is 6.43. The van der Waals surface area contributed by atoms with Crippen LogP contribution in [0, 0.1) is 11.8 Å². The van der Waals surface area contributed by atoms with E-state index in [9.17, 15) is 4.79 Å². The summed E-state index contributed by atoms with van der Waals surface area (Å²) in [4.78, 5) is 11.0. The summed E-state index contributed by atoms with van der Waals surface area (Å²) in [7, 11) is 1.56. The topological polar surface area (TPSA) is 55.8 Å². The zero-order valence-corrected chi connectivity index (χ0v) is 10.7. The van der Waals surface area contributed by atoms with Crippen molar-refractivity contribution in [2.45, 2.75) is 18.9 Å². The van der Waals surface area contributed by atoms with Crippen molar-refractivity contribution in [2.75, 3.05) is 7.11 Å². The molecule has 1 N–H and O–H groups in total. The summed E-state index contributed by atoms with van der Waals surface area (Å²) in [6.07, 6.45) is 6.72. The predicted octanol–water partition coefficient (Wildman–Crippen LogP) is 2.74. The average molecular weight is 260 g/mol. The van der Waals surface area contributed by atoms with Crippen molar-refractivity contribution in [1.29, 1.82) is 0 Å². The summed E-state index contributed by atoms with van der Waals surface area (Å²) in [5, 5.41) is 9.03. The van der Waals surface area contributed by atoms with E-state index in [-0.39, 0.29) is 11.7 Å². The van der Waals surface area contributed by atoms with E-state index in [4.69, 9.17) is 14.6 Å². The van der Waals surface area contributed by atoms with Gasteiger partial charge in [-0.05, 0) is 37.0 Å². The standard InChI is InChI=1S/C15H16O4/c1-18-12-5-4-11(15(16)17)8-14(12)19-13-7-9-2-3-10(13)6-9/h2-5,8-10,13H,6-7H2,1H3,(H,16,17). The predicted molar refractivity (Wildman–Crippen MR) is 69.7 cm³/mol. The molecular formula is C15H16O4. The number of rotatable bonds is 4. The molecule has 2 aliphatic carbocycles. The maximum atomic E-state index is 11.0. The number of fused-ring (bicyclic) bond motifs is 2. The van der Waals surface area contributed by atoms with E-state index in [1.54, 1.807) is 13.2 Å². The number of methoxy groups -OCH3 is 1. The third-order valence-corrected chi connectivity index (χ3v) is 3.91. The Morgan fingerprint density at radius 2 is 2.11 bits per heavy atom. The van der Waals surface area contributed by atoms with Crippen molar-refractivity contribution in [1.82, 2.24) is 0 Å². The molecule has 1 aromatic carbocycles. The van der Waals surface area contributed by atoms with Gasteiger partial charge in [0.2, 0.25) is 0 Å². The molecule has 3 atom stereocenters. The second-order valence-electron chi connectivity index (χ2n) is 5.11. The Bertz CT molecular complexity index is 535. The van der Waals surface area contributed by atoms with Gasteiger partial charge >= 0.3 is 5.97 Å². The highest BCUT2D eigenvalue weighted by Crippen LogP contribution is 2.42. The van der Waals surface area contributed by atoms with Crippen molar-refractivity contribution < 1.29 is 19.4 Å². The van der Waals surface area contributed by atoms with Gasteiger partial charge in [-0.15, -0.1) is 0 Å². The lowest BCUT2D eigenvalue weighted by Crippen LogP contribution is -2.21. The van der Waals surface area contributed by atoms with Crippen LogP contribution in [-0.4, -0.2) is 24.3 Å². The summed E-state index contributed by atoms with van der Waals surface area (Å²) < 4.78 is 11.2. The van der Waals surface area contributed by atoms with Gasteiger partial charge in [-0.25, -0.2) is 4.79 Å². The number of hydrogen-bond donors (Lipinski definition) is 1. The second-order valence-corrected chi connectivity index (χ2v) is 5.11. The molecule has 3 rings (SSSR count). The van der Waals surface area contributed by atoms with Crippen molar-refractivity contribution in [3.05, 3.63) is 35.9 Å². The Labute approximate surface area is 111 Å². The van der Waals surface area contributed by atoms with Crippen molar-refractivity contribution in [3.8, 4) is 11.5 Å². The molecule has 0 radical (unpaired) electrons. The molecule has 100 valence electrons. The van der Waals surface area contributed by atoms with Gasteiger partial charge in [0.1, 0.15) is 6.10 Å². The van der Waals surface area contributed by atoms with Gasteiger partial charge in [-0.1, -0.05) is 12.2 Å². The Morgan fingerprint density at radius 3 is 2.68 bits per heavy atom. The first kappa shape index (κ1) is 12.1. The molecule has 19 heavy (non-hydrogen) atoms. The van der Waals surface area contributed by atoms with Gasteiger partial charge in [0.05, 0.1) is 12.7 Å². The van der Waals surface area contributed by atoms with Crippen LogP contribution in [0.15, 0.2) is 30.4 Å². The van der Waals surface area contributed by atoms with Gasteiger partial charge in [0, 0.05) is 5.92 Å². The number of carboxylic acids is 1. The zero-order valence-electron chi connectivity index (χ0n) is 10.7. The minimum atomic E-state index is -0.958. The highest BCUT2D eigenvalue weighted by atomic mass is 16.5. The zero-order chi connectivity index (χ0) is 13.4. The monoisotopic (exact) mass is 260 g/mol. The smallest absolute Gasteiger partial charge is 0.335 e. The van der Waals surface area contributed by atoms with E-state index >= 15 is 0 Å². The quantitative estimate of drug-likeness (QED) is 0.846. The van der Waals surface area contributed by atoms with Crippen LogP contribution in [0.3, 0.4) is 0 Å². The highest BCUT2D eigenvalue weighted by molar-refractivity contribution is 5.88. The third kappa shape index (κ3) is 2.18. The summed E-state index contributed by atoms with van der Waals surface area (Å²) in [6.45, 7) is 0. The van der Waals surface area contributed by atoms with Crippen LogP contribution in [0.25, 0.3) is 0 Å². The van der Waals surface area contributed by atoms with Crippen LogP contribution in [0.4, 0.5) is 0 Å². The molecule has 0 amide bonds. The van der Waals surface area contributed by atoms with Crippen LogP contribution < -0.4 is 9.47 Å². The fourth-order valence-corrected chi connectivity index (χ4v) is 2.93. The van der Waals surface area contributed by atoms with Crippen LogP contribution in [-0.2, 0) is 0 Å². The first-order chi connectivity index (χ1) is 9.17. The molecule has 0 aliphatic heterocycles. The number of benzene rings is 1. The molecule has 0 aromatic heterocycles. The fourth-order valence-electron chi connectivity index (χ4n) is 2.93. The number of hydrogen-bond acceptors (Lipinski definition) is 3. The molecule has 0 spiro atoms. The third-order valence-electron chi connectivity index (χ3n) is 3.91. The van der Waals surface area contributed by atoms with E-state index in [0.29, 0.717) is 23.3 Å². The summed E-state index contributed by atoms with van der Waals surface area (Å²) in [5.74, 6) is 1.21. The van der Waals surface area contributed by atoms with Crippen molar-refractivity contribution >= 4 is 5.97 Å². The van der Waals surface area contributed by atoms with Gasteiger partial charge in [0.25, 0.3) is 0 Å². The van der Waals surface area contributed by atoms with Gasteiger partial charge < -0.3 is 14.6 Å².